The molecule has 8 heteroatoms. The van der Waals surface area contributed by atoms with Crippen LogP contribution in [0.5, 0.6) is 0 Å². The minimum absolute atomic E-state index is 0.905. The highest BCUT2D eigenvalue weighted by Crippen LogP contribution is 2.33. The molecule has 2 aromatic carbocycles. The predicted octanol–water partition coefficient (Wildman–Crippen LogP) is -0.596. The first-order chi connectivity index (χ1) is 11.8. The molecule has 0 aliphatic heterocycles. The highest BCUT2D eigenvalue weighted by molar-refractivity contribution is 7.98. The molecule has 0 spiro atoms. The summed E-state index contributed by atoms with van der Waals surface area (Å²) < 4.78 is 42.1. The van der Waals surface area contributed by atoms with E-state index in [1.165, 1.54) is 0 Å². The zero-order valence-corrected chi connectivity index (χ0v) is 15.1. The highest BCUT2D eigenvalue weighted by atomic mass is 35.7. The number of hydrogen-bond donors (Lipinski definition) is 0. The largest absolute Gasteiger partial charge is 0.411 e. The van der Waals surface area contributed by atoms with Gasteiger partial charge in [-0.1, -0.05) is 48.5 Å². The molecule has 0 saturated heterocycles. The van der Waals surface area contributed by atoms with Crippen LogP contribution in [0.2, 0.25) is 0 Å². The molecular weight excluding hydrogens is 366 g/mol. The molecule has 0 radical (unpaired) electrons. The van der Waals surface area contributed by atoms with E-state index in [4.69, 9.17) is 23.1 Å². The van der Waals surface area contributed by atoms with Crippen LogP contribution in [0.3, 0.4) is 0 Å². The first-order valence-electron chi connectivity index (χ1n) is 7.10. The van der Waals surface area contributed by atoms with Crippen molar-refractivity contribution in [1.82, 2.24) is 0 Å². The van der Waals surface area contributed by atoms with Gasteiger partial charge in [0.25, 0.3) is 5.69 Å². The third kappa shape index (κ3) is 5.57. The maximum Gasteiger partial charge on any atom is 0.411 e. The molecule has 0 N–H and O–H groups in total. The molecule has 0 aliphatic carbocycles. The van der Waals surface area contributed by atoms with Crippen LogP contribution in [0.4, 0.5) is 0 Å². The third-order valence-electron chi connectivity index (χ3n) is 3.27. The van der Waals surface area contributed by atoms with Crippen LogP contribution in [0, 0.1) is 10.2 Å². The summed E-state index contributed by atoms with van der Waals surface area (Å²) in [6, 6.07) is 20.6. The minimum atomic E-state index is -4.94. The smallest absolute Gasteiger partial charge is 0.392 e. The third-order valence-corrected chi connectivity index (χ3v) is 3.98. The van der Waals surface area contributed by atoms with Gasteiger partial charge in [0, 0.05) is 5.56 Å². The first-order valence-corrected chi connectivity index (χ1v) is 9.56. The molecule has 0 fully saturated rings. The van der Waals surface area contributed by atoms with E-state index in [0.717, 1.165) is 27.8 Å². The number of halogens is 1. The lowest BCUT2D eigenvalue weighted by atomic mass is 10.1. The van der Waals surface area contributed by atoms with E-state index < -0.39 is 10.2 Å². The molecular formula is C17H16ClNO5S. The van der Waals surface area contributed by atoms with Crippen LogP contribution in [0.15, 0.2) is 70.3 Å². The highest BCUT2D eigenvalue weighted by Gasteiger charge is 2.27. The Hall–Kier alpha value is -1.87. The zero-order chi connectivity index (χ0) is 18.4. The van der Waals surface area contributed by atoms with Crippen molar-refractivity contribution in [3.8, 4) is 22.6 Å². The molecule has 132 valence electrons. The zero-order valence-electron chi connectivity index (χ0n) is 13.5. The summed E-state index contributed by atoms with van der Waals surface area (Å²) >= 11 is 1.62. The second-order valence-corrected chi connectivity index (χ2v) is 6.43. The van der Waals surface area contributed by atoms with Gasteiger partial charge in [0.1, 0.15) is 7.05 Å². The maximum atomic E-state index is 8.49. The molecule has 0 unspecified atom stereocenters. The van der Waals surface area contributed by atoms with Crippen molar-refractivity contribution in [2.24, 2.45) is 7.05 Å². The van der Waals surface area contributed by atoms with Crippen LogP contribution in [0.25, 0.3) is 22.6 Å². The van der Waals surface area contributed by atoms with Gasteiger partial charge in [-0.3, -0.25) is 0 Å². The van der Waals surface area contributed by atoms with Crippen molar-refractivity contribution < 1.29 is 37.9 Å². The molecule has 0 saturated carbocycles. The van der Waals surface area contributed by atoms with Gasteiger partial charge < -0.3 is 4.42 Å². The number of thioether (sulfide) groups is 1. The Morgan fingerprint density at radius 2 is 1.28 bits per heavy atom. The van der Waals surface area contributed by atoms with Crippen LogP contribution in [0.1, 0.15) is 0 Å². The van der Waals surface area contributed by atoms with E-state index in [0.29, 0.717) is 0 Å². The fourth-order valence-electron chi connectivity index (χ4n) is 2.33. The van der Waals surface area contributed by atoms with Crippen LogP contribution >= 0.6 is 11.8 Å². The first kappa shape index (κ1) is 19.5. The number of benzene rings is 2. The molecule has 3 rings (SSSR count). The van der Waals surface area contributed by atoms with Crippen LogP contribution in [-0.4, -0.2) is 6.26 Å². The quantitative estimate of drug-likeness (QED) is 0.443. The van der Waals surface area contributed by atoms with Gasteiger partial charge >= 0.3 is 5.22 Å². The Kier molecular flexibility index (Phi) is 6.60. The van der Waals surface area contributed by atoms with Crippen molar-refractivity contribution >= 4 is 11.8 Å². The number of hydrogen-bond acceptors (Lipinski definition) is 6. The van der Waals surface area contributed by atoms with Crippen molar-refractivity contribution in [1.29, 1.82) is 0 Å². The summed E-state index contributed by atoms with van der Waals surface area (Å²) in [5, 5.41) is 0.905. The van der Waals surface area contributed by atoms with Gasteiger partial charge in [-0.15, -0.1) is 10.2 Å². The van der Waals surface area contributed by atoms with Crippen molar-refractivity contribution in [2.45, 2.75) is 5.22 Å². The molecule has 6 nitrogen and oxygen atoms in total. The Morgan fingerprint density at radius 1 is 0.840 bits per heavy atom. The molecule has 0 aliphatic rings. The van der Waals surface area contributed by atoms with Gasteiger partial charge in [0.15, 0.2) is 0 Å². The number of oxazole rings is 1. The molecule has 0 atom stereocenters. The number of aromatic nitrogens is 1. The van der Waals surface area contributed by atoms with E-state index >= 15 is 0 Å². The number of nitrogens with zero attached hydrogens (tertiary/aromatic N) is 1. The minimum Gasteiger partial charge on any atom is -0.392 e. The van der Waals surface area contributed by atoms with E-state index in [9.17, 15) is 0 Å². The summed E-state index contributed by atoms with van der Waals surface area (Å²) in [4.78, 5) is 0. The topological polar surface area (TPSA) is 109 Å². The van der Waals surface area contributed by atoms with Gasteiger partial charge in [0.2, 0.25) is 5.76 Å². The van der Waals surface area contributed by atoms with Crippen molar-refractivity contribution in [3.05, 3.63) is 60.7 Å². The van der Waals surface area contributed by atoms with E-state index in [-0.39, 0.29) is 0 Å². The normalized spacial score (nSPS) is 11.0. The fraction of sp³-hybridized carbons (Fsp3) is 0.118. The van der Waals surface area contributed by atoms with Crippen LogP contribution < -0.4 is 23.2 Å². The summed E-state index contributed by atoms with van der Waals surface area (Å²) in [5.74, 6) is 0.920. The Balaban J connectivity index is 0.000000399. The molecule has 1 heterocycles. The molecule has 0 bridgehead atoms. The average molecular weight is 382 g/mol. The predicted molar refractivity (Wildman–Crippen MR) is 82.5 cm³/mol. The maximum absolute atomic E-state index is 8.49. The SMILES string of the molecule is CSc1oc(-c2ccccc2)c(-c2ccccc2)[n+]1C.[O-][Cl+3]([O-])([O-])[O-]. The van der Waals surface area contributed by atoms with E-state index in [1.807, 2.05) is 37.6 Å². The molecule has 25 heavy (non-hydrogen) atoms. The van der Waals surface area contributed by atoms with E-state index in [2.05, 4.69) is 41.0 Å². The van der Waals surface area contributed by atoms with Gasteiger partial charge in [-0.25, -0.2) is 18.6 Å². The Morgan fingerprint density at radius 3 is 1.72 bits per heavy atom. The Labute approximate surface area is 151 Å². The molecule has 0 amide bonds. The average Bonchev–Trinajstić information content (AvgIpc) is 2.91. The molecule has 3 aromatic rings. The number of rotatable bonds is 3. The summed E-state index contributed by atoms with van der Waals surface area (Å²) in [6.45, 7) is 0. The van der Waals surface area contributed by atoms with E-state index in [1.54, 1.807) is 11.8 Å². The fourth-order valence-corrected chi connectivity index (χ4v) is 2.86. The van der Waals surface area contributed by atoms with Gasteiger partial charge in [0.05, 0.1) is 5.56 Å². The summed E-state index contributed by atoms with van der Waals surface area (Å²) in [7, 11) is -2.90. The lowest BCUT2D eigenvalue weighted by Crippen LogP contribution is -2.68. The second-order valence-electron chi connectivity index (χ2n) is 4.92. The Bertz CT molecular complexity index is 797. The second kappa shape index (κ2) is 8.48. The lowest BCUT2D eigenvalue weighted by Gasteiger charge is -2.17. The van der Waals surface area contributed by atoms with Crippen molar-refractivity contribution in [3.63, 3.8) is 0 Å². The standard InChI is InChI=1S/C17H16NOS.ClHO4/c1-18-15(13-9-5-3-6-10-13)16(19-17(18)20-2)14-11-7-4-8-12-14;2-1(3,4)5/h3-12H,1-2H3;(H,2,3,4,5)/q+1;/p-1. The lowest BCUT2D eigenvalue weighted by molar-refractivity contribution is -2.00. The van der Waals surface area contributed by atoms with Gasteiger partial charge in [-0.05, 0) is 30.2 Å². The van der Waals surface area contributed by atoms with Crippen LogP contribution in [-0.2, 0) is 7.05 Å². The monoisotopic (exact) mass is 381 g/mol. The molecule has 1 aromatic heterocycles. The van der Waals surface area contributed by atoms with Gasteiger partial charge in [-0.2, -0.15) is 4.57 Å². The summed E-state index contributed by atoms with van der Waals surface area (Å²) in [5.41, 5.74) is 3.38. The summed E-state index contributed by atoms with van der Waals surface area (Å²) in [6.07, 6.45) is 2.03. The van der Waals surface area contributed by atoms with Crippen molar-refractivity contribution in [2.75, 3.05) is 6.26 Å².